The molecule has 36 heavy (non-hydrogen) atoms. The fourth-order valence-corrected chi connectivity index (χ4v) is 5.17. The number of likely N-dealkylation sites (tertiary alicyclic amines) is 1. The standard InChI is InChI=1S/C27H35F3N4O.CH4/c1-21-5-7-25(8-6-21)33-12-3-10-32(14-15-33)13-9-26(35)34-11-2-4-22(20-34)16-23-17-24(19-31-18-23)27(28,29)30;/h5-8,17-19,22H,2-4,9-16,20H2,1H3;1H4/t22-;/m1./s1. The van der Waals surface area contributed by atoms with E-state index in [1.165, 1.54) is 23.5 Å². The number of anilines is 1. The lowest BCUT2D eigenvalue weighted by Crippen LogP contribution is -2.42. The van der Waals surface area contributed by atoms with Crippen LogP contribution in [0.3, 0.4) is 0 Å². The molecule has 2 aromatic rings. The third-order valence-electron chi connectivity index (χ3n) is 7.15. The molecule has 0 spiro atoms. The molecule has 2 saturated heterocycles. The van der Waals surface area contributed by atoms with Crippen LogP contribution in [-0.2, 0) is 17.4 Å². The van der Waals surface area contributed by atoms with E-state index in [1.807, 2.05) is 4.90 Å². The Morgan fingerprint density at radius 3 is 2.56 bits per heavy atom. The van der Waals surface area contributed by atoms with Gasteiger partial charge in [0.2, 0.25) is 5.91 Å². The van der Waals surface area contributed by atoms with E-state index >= 15 is 0 Å². The normalized spacial score (nSPS) is 19.5. The highest BCUT2D eigenvalue weighted by Gasteiger charge is 2.31. The van der Waals surface area contributed by atoms with E-state index in [-0.39, 0.29) is 19.3 Å². The Kier molecular flexibility index (Phi) is 9.77. The van der Waals surface area contributed by atoms with Gasteiger partial charge in [-0.25, -0.2) is 0 Å². The zero-order valence-electron chi connectivity index (χ0n) is 20.4. The van der Waals surface area contributed by atoms with Crippen LogP contribution in [0.15, 0.2) is 42.7 Å². The lowest BCUT2D eigenvalue weighted by molar-refractivity contribution is -0.138. The topological polar surface area (TPSA) is 39.7 Å². The number of rotatable bonds is 6. The monoisotopic (exact) mass is 504 g/mol. The minimum absolute atomic E-state index is 0. The molecule has 2 fully saturated rings. The van der Waals surface area contributed by atoms with Gasteiger partial charge in [-0.15, -0.1) is 0 Å². The molecule has 0 saturated carbocycles. The molecular formula is C28H39F3N4O. The van der Waals surface area contributed by atoms with Gasteiger partial charge in [-0.3, -0.25) is 9.78 Å². The number of halogens is 3. The van der Waals surface area contributed by atoms with Crippen molar-refractivity contribution in [3.63, 3.8) is 0 Å². The highest BCUT2D eigenvalue weighted by molar-refractivity contribution is 5.76. The molecule has 2 aliphatic rings. The molecule has 1 atom stereocenters. The molecule has 5 nitrogen and oxygen atoms in total. The van der Waals surface area contributed by atoms with Gasteiger partial charge >= 0.3 is 6.18 Å². The van der Waals surface area contributed by atoms with Crippen molar-refractivity contribution in [2.75, 3.05) is 50.7 Å². The first kappa shape index (κ1) is 28.0. The summed E-state index contributed by atoms with van der Waals surface area (Å²) in [6, 6.07) is 9.83. The molecule has 0 radical (unpaired) electrons. The summed E-state index contributed by atoms with van der Waals surface area (Å²) >= 11 is 0. The molecule has 0 aliphatic carbocycles. The van der Waals surface area contributed by atoms with Gasteiger partial charge in [0, 0.05) is 63.8 Å². The van der Waals surface area contributed by atoms with Gasteiger partial charge in [-0.1, -0.05) is 25.1 Å². The summed E-state index contributed by atoms with van der Waals surface area (Å²) < 4.78 is 39.0. The van der Waals surface area contributed by atoms with Gasteiger partial charge in [-0.05, 0) is 68.8 Å². The number of aryl methyl sites for hydroxylation is 1. The second-order valence-corrected chi connectivity index (χ2v) is 9.90. The number of carbonyl (C=O) groups excluding carboxylic acids is 1. The van der Waals surface area contributed by atoms with E-state index in [9.17, 15) is 18.0 Å². The third-order valence-corrected chi connectivity index (χ3v) is 7.15. The Bertz CT molecular complexity index is 980. The van der Waals surface area contributed by atoms with Gasteiger partial charge in [0.05, 0.1) is 5.56 Å². The predicted molar refractivity (Wildman–Crippen MR) is 138 cm³/mol. The minimum Gasteiger partial charge on any atom is -0.370 e. The summed E-state index contributed by atoms with van der Waals surface area (Å²) in [5.41, 5.74) is 2.39. The summed E-state index contributed by atoms with van der Waals surface area (Å²) in [5.74, 6) is 0.316. The Hall–Kier alpha value is -2.61. The first-order valence-corrected chi connectivity index (χ1v) is 12.6. The maximum atomic E-state index is 13.0. The maximum absolute atomic E-state index is 13.0. The molecule has 1 aromatic carbocycles. The Morgan fingerprint density at radius 2 is 1.81 bits per heavy atom. The first-order valence-electron chi connectivity index (χ1n) is 12.6. The van der Waals surface area contributed by atoms with Crippen molar-refractivity contribution < 1.29 is 18.0 Å². The summed E-state index contributed by atoms with van der Waals surface area (Å²) in [4.78, 5) is 23.4. The van der Waals surface area contributed by atoms with E-state index in [1.54, 1.807) is 0 Å². The average molecular weight is 505 g/mol. The Balaban J connectivity index is 0.00000361. The van der Waals surface area contributed by atoms with Gasteiger partial charge in [0.15, 0.2) is 0 Å². The zero-order chi connectivity index (χ0) is 24.8. The van der Waals surface area contributed by atoms with Crippen molar-refractivity contribution >= 4 is 11.6 Å². The van der Waals surface area contributed by atoms with Crippen LogP contribution < -0.4 is 4.90 Å². The second-order valence-electron chi connectivity index (χ2n) is 9.90. The smallest absolute Gasteiger partial charge is 0.370 e. The number of carbonyl (C=O) groups is 1. The van der Waals surface area contributed by atoms with E-state index in [2.05, 4.69) is 46.0 Å². The quantitative estimate of drug-likeness (QED) is 0.526. The number of piperidine rings is 1. The molecule has 198 valence electrons. The molecule has 0 N–H and O–H groups in total. The number of pyridine rings is 1. The predicted octanol–water partition coefficient (Wildman–Crippen LogP) is 5.43. The van der Waals surface area contributed by atoms with Crippen LogP contribution in [-0.4, -0.2) is 66.5 Å². The Labute approximate surface area is 213 Å². The fraction of sp³-hybridized carbons (Fsp3) is 0.571. The molecular weight excluding hydrogens is 465 g/mol. The van der Waals surface area contributed by atoms with Gasteiger partial charge < -0.3 is 14.7 Å². The van der Waals surface area contributed by atoms with Crippen LogP contribution in [0.5, 0.6) is 0 Å². The van der Waals surface area contributed by atoms with Gasteiger partial charge in [0.1, 0.15) is 0 Å². The molecule has 1 aromatic heterocycles. The maximum Gasteiger partial charge on any atom is 0.417 e. The lowest BCUT2D eigenvalue weighted by atomic mass is 9.91. The van der Waals surface area contributed by atoms with Crippen molar-refractivity contribution in [1.29, 1.82) is 0 Å². The van der Waals surface area contributed by atoms with Crippen molar-refractivity contribution in [3.05, 3.63) is 59.4 Å². The largest absolute Gasteiger partial charge is 0.417 e. The van der Waals surface area contributed by atoms with Crippen molar-refractivity contribution in [2.24, 2.45) is 5.92 Å². The van der Waals surface area contributed by atoms with Crippen molar-refractivity contribution in [2.45, 2.75) is 52.6 Å². The van der Waals surface area contributed by atoms with Crippen LogP contribution in [0.2, 0.25) is 0 Å². The first-order chi connectivity index (χ1) is 16.8. The van der Waals surface area contributed by atoms with Crippen LogP contribution >= 0.6 is 0 Å². The number of aromatic nitrogens is 1. The zero-order valence-corrected chi connectivity index (χ0v) is 20.4. The molecule has 3 heterocycles. The summed E-state index contributed by atoms with van der Waals surface area (Å²) in [6.07, 6.45) is 1.86. The number of benzene rings is 1. The summed E-state index contributed by atoms with van der Waals surface area (Å²) in [7, 11) is 0. The SMILES string of the molecule is C.Cc1ccc(N2CCCN(CCC(=O)N3CCC[C@H](Cc4cncc(C(F)(F)F)c4)C3)CC2)cc1. The highest BCUT2D eigenvalue weighted by Crippen LogP contribution is 2.30. The number of alkyl halides is 3. The van der Waals surface area contributed by atoms with Crippen LogP contribution in [0, 0.1) is 12.8 Å². The minimum atomic E-state index is -4.39. The fourth-order valence-electron chi connectivity index (χ4n) is 5.17. The van der Waals surface area contributed by atoms with Crippen LogP contribution in [0.4, 0.5) is 18.9 Å². The van der Waals surface area contributed by atoms with Crippen molar-refractivity contribution in [1.82, 2.24) is 14.8 Å². The van der Waals surface area contributed by atoms with E-state index in [0.29, 0.717) is 24.9 Å². The van der Waals surface area contributed by atoms with Crippen LogP contribution in [0.25, 0.3) is 0 Å². The molecule has 8 heteroatoms. The van der Waals surface area contributed by atoms with Gasteiger partial charge in [-0.2, -0.15) is 13.2 Å². The third kappa shape index (κ3) is 7.69. The number of hydrogen-bond donors (Lipinski definition) is 0. The van der Waals surface area contributed by atoms with E-state index in [0.717, 1.165) is 64.7 Å². The molecule has 1 amide bonds. The lowest BCUT2D eigenvalue weighted by Gasteiger charge is -2.33. The van der Waals surface area contributed by atoms with E-state index < -0.39 is 11.7 Å². The molecule has 4 rings (SSSR count). The second kappa shape index (κ2) is 12.6. The van der Waals surface area contributed by atoms with Crippen LogP contribution in [0.1, 0.15) is 49.8 Å². The van der Waals surface area contributed by atoms with Crippen molar-refractivity contribution in [3.8, 4) is 0 Å². The average Bonchev–Trinajstić information content (AvgIpc) is 3.09. The molecule has 0 unspecified atom stereocenters. The number of nitrogens with zero attached hydrogens (tertiary/aromatic N) is 4. The summed E-state index contributed by atoms with van der Waals surface area (Å²) in [5, 5.41) is 0. The highest BCUT2D eigenvalue weighted by atomic mass is 19.4. The van der Waals surface area contributed by atoms with Gasteiger partial charge in [0.25, 0.3) is 0 Å². The molecule has 2 aliphatic heterocycles. The Morgan fingerprint density at radius 1 is 1.03 bits per heavy atom. The number of amides is 1. The molecule has 0 bridgehead atoms. The summed E-state index contributed by atoms with van der Waals surface area (Å²) in [6.45, 7) is 8.08. The number of hydrogen-bond acceptors (Lipinski definition) is 4. The van der Waals surface area contributed by atoms with E-state index in [4.69, 9.17) is 0 Å².